The topological polar surface area (TPSA) is 73.4 Å². The molecule has 2 aliphatic heterocycles. The van der Waals surface area contributed by atoms with Crippen molar-refractivity contribution in [1.82, 2.24) is 18.4 Å². The van der Waals surface area contributed by atoms with Gasteiger partial charge in [0.25, 0.3) is 16.1 Å². The van der Waals surface area contributed by atoms with Crippen molar-refractivity contribution in [2.45, 2.75) is 26.2 Å². The fraction of sp³-hybridized carbons (Fsp3) is 0.667. The van der Waals surface area contributed by atoms with Crippen LogP contribution in [-0.2, 0) is 15.0 Å². The molecule has 0 saturated carbocycles. The molecule has 3 rings (SSSR count). The summed E-state index contributed by atoms with van der Waals surface area (Å²) < 4.78 is 34.6. The van der Waals surface area contributed by atoms with E-state index >= 15 is 0 Å². The molecule has 2 fully saturated rings. The van der Waals surface area contributed by atoms with Crippen LogP contribution in [-0.4, -0.2) is 98.7 Å². The second-order valence-electron chi connectivity index (χ2n) is 8.13. The molecule has 2 heterocycles. The highest BCUT2D eigenvalue weighted by Crippen LogP contribution is 2.28. The van der Waals surface area contributed by atoms with E-state index in [1.165, 1.54) is 4.31 Å². The summed E-state index contributed by atoms with van der Waals surface area (Å²) in [5.41, 5.74) is 1.11. The highest BCUT2D eigenvalue weighted by atomic mass is 32.2. The second-order valence-corrected chi connectivity index (χ2v) is 10.1. The Morgan fingerprint density at radius 2 is 1.57 bits per heavy atom. The fourth-order valence-electron chi connectivity index (χ4n) is 3.82. The van der Waals surface area contributed by atoms with Gasteiger partial charge in [-0.15, -0.1) is 0 Å². The second kappa shape index (κ2) is 10.1. The molecule has 168 valence electrons. The Bertz CT molecular complexity index is 816. The number of carbonyl (C=O) groups is 1. The molecule has 0 aliphatic carbocycles. The van der Waals surface area contributed by atoms with Crippen LogP contribution < -0.4 is 4.74 Å². The third-order valence-corrected chi connectivity index (χ3v) is 8.16. The van der Waals surface area contributed by atoms with E-state index in [1.54, 1.807) is 9.21 Å². The van der Waals surface area contributed by atoms with E-state index in [2.05, 4.69) is 18.7 Å². The third kappa shape index (κ3) is 5.32. The largest absolute Gasteiger partial charge is 0.483 e. The van der Waals surface area contributed by atoms with E-state index in [0.29, 0.717) is 45.2 Å². The Morgan fingerprint density at radius 1 is 1.00 bits per heavy atom. The molecule has 9 heteroatoms. The van der Waals surface area contributed by atoms with Gasteiger partial charge < -0.3 is 14.5 Å². The van der Waals surface area contributed by atoms with Gasteiger partial charge in [0.15, 0.2) is 6.61 Å². The van der Waals surface area contributed by atoms with Crippen molar-refractivity contribution in [3.63, 3.8) is 0 Å². The zero-order chi connectivity index (χ0) is 21.7. The van der Waals surface area contributed by atoms with Gasteiger partial charge in [-0.2, -0.15) is 17.0 Å². The quantitative estimate of drug-likeness (QED) is 0.640. The monoisotopic (exact) mass is 438 g/mol. The van der Waals surface area contributed by atoms with Gasteiger partial charge >= 0.3 is 0 Å². The van der Waals surface area contributed by atoms with Crippen LogP contribution in [0.15, 0.2) is 24.3 Å². The van der Waals surface area contributed by atoms with Crippen molar-refractivity contribution in [2.24, 2.45) is 0 Å². The first-order valence-electron chi connectivity index (χ1n) is 10.8. The van der Waals surface area contributed by atoms with Crippen molar-refractivity contribution in [3.05, 3.63) is 29.8 Å². The van der Waals surface area contributed by atoms with E-state index < -0.39 is 10.2 Å². The Morgan fingerprint density at radius 3 is 2.17 bits per heavy atom. The molecule has 1 aromatic rings. The van der Waals surface area contributed by atoms with Crippen molar-refractivity contribution < 1.29 is 17.9 Å². The lowest BCUT2D eigenvalue weighted by atomic mass is 9.98. The van der Waals surface area contributed by atoms with Gasteiger partial charge in [-0.1, -0.05) is 32.0 Å². The molecule has 0 radical (unpaired) electrons. The zero-order valence-corrected chi connectivity index (χ0v) is 19.1. The standard InChI is InChI=1S/C21H34N4O4S/c1-4-18(2)19-7-5-6-8-20(19)29-17-21(26)23-11-15-25(16-12-23)30(27,28)24-13-9-22(3)10-14-24/h5-8,18H,4,9-17H2,1-3H3. The fourth-order valence-corrected chi connectivity index (χ4v) is 5.40. The van der Waals surface area contributed by atoms with Crippen molar-refractivity contribution in [3.8, 4) is 5.75 Å². The first-order chi connectivity index (χ1) is 14.3. The SMILES string of the molecule is CCC(C)c1ccccc1OCC(=O)N1CCN(S(=O)(=O)N2CCN(C)CC2)CC1. The summed E-state index contributed by atoms with van der Waals surface area (Å²) in [7, 11) is -1.46. The zero-order valence-electron chi connectivity index (χ0n) is 18.3. The summed E-state index contributed by atoms with van der Waals surface area (Å²) >= 11 is 0. The predicted molar refractivity (Wildman–Crippen MR) is 117 cm³/mol. The maximum absolute atomic E-state index is 12.9. The molecule has 2 aliphatic rings. The van der Waals surface area contributed by atoms with Crippen LogP contribution in [0.25, 0.3) is 0 Å². The molecule has 8 nitrogen and oxygen atoms in total. The summed E-state index contributed by atoms with van der Waals surface area (Å²) in [5.74, 6) is 1.00. The molecular formula is C21H34N4O4S. The highest BCUT2D eigenvalue weighted by molar-refractivity contribution is 7.86. The third-order valence-electron chi connectivity index (χ3n) is 6.12. The Balaban J connectivity index is 1.51. The molecule has 1 unspecified atom stereocenters. The number of likely N-dealkylation sites (N-methyl/N-ethyl adjacent to an activating group) is 1. The van der Waals surface area contributed by atoms with Gasteiger partial charge in [0.2, 0.25) is 0 Å². The van der Waals surface area contributed by atoms with Gasteiger partial charge in [0.05, 0.1) is 0 Å². The minimum absolute atomic E-state index is 0.0291. The van der Waals surface area contributed by atoms with E-state index in [-0.39, 0.29) is 12.5 Å². The first kappa shape index (κ1) is 23.0. The predicted octanol–water partition coefficient (Wildman–Crippen LogP) is 1.22. The van der Waals surface area contributed by atoms with Crippen LogP contribution in [0.4, 0.5) is 0 Å². The average Bonchev–Trinajstić information content (AvgIpc) is 2.77. The number of amides is 1. The number of ether oxygens (including phenoxy) is 1. The van der Waals surface area contributed by atoms with E-state index in [4.69, 9.17) is 4.74 Å². The van der Waals surface area contributed by atoms with Crippen LogP contribution in [0.1, 0.15) is 31.7 Å². The molecule has 1 amide bonds. The number of benzene rings is 1. The summed E-state index contributed by atoms with van der Waals surface area (Å²) in [6.45, 7) is 8.19. The number of rotatable bonds is 7. The van der Waals surface area contributed by atoms with Gasteiger partial charge in [0.1, 0.15) is 5.75 Å². The van der Waals surface area contributed by atoms with Crippen LogP contribution in [0.2, 0.25) is 0 Å². The molecule has 2 saturated heterocycles. The van der Waals surface area contributed by atoms with Crippen molar-refractivity contribution >= 4 is 16.1 Å². The smallest absolute Gasteiger partial charge is 0.282 e. The van der Waals surface area contributed by atoms with Crippen LogP contribution >= 0.6 is 0 Å². The molecule has 0 bridgehead atoms. The molecule has 30 heavy (non-hydrogen) atoms. The minimum Gasteiger partial charge on any atom is -0.483 e. The molecule has 0 N–H and O–H groups in total. The average molecular weight is 439 g/mol. The van der Waals surface area contributed by atoms with E-state index in [1.807, 2.05) is 31.3 Å². The minimum atomic E-state index is -3.46. The molecule has 0 aromatic heterocycles. The Labute approximate surface area is 180 Å². The first-order valence-corrected chi connectivity index (χ1v) is 12.2. The molecular weight excluding hydrogens is 404 g/mol. The Kier molecular flexibility index (Phi) is 7.73. The van der Waals surface area contributed by atoms with Gasteiger partial charge in [0, 0.05) is 52.4 Å². The summed E-state index contributed by atoms with van der Waals surface area (Å²) in [4.78, 5) is 16.5. The van der Waals surface area contributed by atoms with E-state index in [9.17, 15) is 13.2 Å². The number of hydrogen-bond donors (Lipinski definition) is 0. The normalized spacial score (nSPS) is 20.8. The maximum Gasteiger partial charge on any atom is 0.282 e. The number of piperazine rings is 2. The molecule has 1 atom stereocenters. The number of nitrogens with zero attached hydrogens (tertiary/aromatic N) is 4. The maximum atomic E-state index is 12.9. The number of carbonyl (C=O) groups excluding carboxylic acids is 1. The lowest BCUT2D eigenvalue weighted by molar-refractivity contribution is -0.134. The number of hydrogen-bond acceptors (Lipinski definition) is 5. The highest BCUT2D eigenvalue weighted by Gasteiger charge is 2.34. The summed E-state index contributed by atoms with van der Waals surface area (Å²) in [5, 5.41) is 0. The summed E-state index contributed by atoms with van der Waals surface area (Å²) in [6, 6.07) is 7.83. The van der Waals surface area contributed by atoms with Gasteiger partial charge in [-0.3, -0.25) is 4.79 Å². The van der Waals surface area contributed by atoms with Gasteiger partial charge in [-0.25, -0.2) is 0 Å². The lowest BCUT2D eigenvalue weighted by Gasteiger charge is -2.39. The molecule has 0 spiro atoms. The lowest BCUT2D eigenvalue weighted by Crippen LogP contribution is -2.57. The van der Waals surface area contributed by atoms with E-state index in [0.717, 1.165) is 30.8 Å². The van der Waals surface area contributed by atoms with Crippen molar-refractivity contribution in [2.75, 3.05) is 66.0 Å². The Hall–Kier alpha value is -1.68. The summed E-state index contributed by atoms with van der Waals surface area (Å²) in [6.07, 6.45) is 0.998. The van der Waals surface area contributed by atoms with Crippen LogP contribution in [0.5, 0.6) is 5.75 Å². The number of para-hydroxylation sites is 1. The van der Waals surface area contributed by atoms with Gasteiger partial charge in [-0.05, 0) is 31.0 Å². The van der Waals surface area contributed by atoms with Crippen molar-refractivity contribution in [1.29, 1.82) is 0 Å². The van der Waals surface area contributed by atoms with Crippen LogP contribution in [0, 0.1) is 0 Å². The van der Waals surface area contributed by atoms with Crippen LogP contribution in [0.3, 0.4) is 0 Å². The molecule has 1 aromatic carbocycles.